The van der Waals surface area contributed by atoms with Crippen molar-refractivity contribution in [2.75, 3.05) is 47.5 Å². The molecule has 59 heavy (non-hydrogen) atoms. The van der Waals surface area contributed by atoms with Gasteiger partial charge < -0.3 is 27.9 Å². The Morgan fingerprint density at radius 1 is 0.525 bits per heavy atom. The summed E-state index contributed by atoms with van der Waals surface area (Å²) in [5.41, 5.74) is 0. The molecule has 0 saturated heterocycles. The Morgan fingerprint density at radius 2 is 0.898 bits per heavy atom. The summed E-state index contributed by atoms with van der Waals surface area (Å²) in [4.78, 5) is 25.1. The SMILES string of the molecule is CCCCCC/C=C\CCCCCCCC/C=C\OC[C@H](COP(=O)([O-])OCC[N+](C)(C)C)OC(=O)CCCCCCCCCCCCC/C=C\CCCCCCCC. The van der Waals surface area contributed by atoms with E-state index in [-0.39, 0.29) is 25.8 Å². The van der Waals surface area contributed by atoms with Crippen LogP contribution in [0, 0.1) is 0 Å². The van der Waals surface area contributed by atoms with Crippen molar-refractivity contribution in [2.45, 2.75) is 232 Å². The zero-order chi connectivity index (χ0) is 43.4. The molecule has 0 aromatic rings. The molecule has 0 heterocycles. The van der Waals surface area contributed by atoms with Gasteiger partial charge in [0.1, 0.15) is 19.8 Å². The molecule has 2 atom stereocenters. The number of ether oxygens (including phenoxy) is 2. The van der Waals surface area contributed by atoms with E-state index in [1.807, 2.05) is 27.2 Å². The number of rotatable bonds is 46. The quantitative estimate of drug-likeness (QED) is 0.0150. The number of unbranched alkanes of at least 4 members (excludes halogenated alkanes) is 28. The summed E-state index contributed by atoms with van der Waals surface area (Å²) < 4.78 is 34.4. The molecule has 0 spiro atoms. The van der Waals surface area contributed by atoms with Crippen LogP contribution in [0.4, 0.5) is 0 Å². The second-order valence-corrected chi connectivity index (χ2v) is 19.3. The van der Waals surface area contributed by atoms with Crippen LogP contribution in [0.2, 0.25) is 0 Å². The molecule has 348 valence electrons. The first-order valence-corrected chi connectivity index (χ1v) is 26.2. The van der Waals surface area contributed by atoms with Crippen LogP contribution in [0.15, 0.2) is 36.6 Å². The summed E-state index contributed by atoms with van der Waals surface area (Å²) in [7, 11) is 1.33. The highest BCUT2D eigenvalue weighted by Gasteiger charge is 2.20. The van der Waals surface area contributed by atoms with Crippen molar-refractivity contribution >= 4 is 13.8 Å². The minimum atomic E-state index is -4.54. The lowest BCUT2D eigenvalue weighted by molar-refractivity contribution is -0.870. The number of hydrogen-bond donors (Lipinski definition) is 0. The number of phosphoric ester groups is 1. The summed E-state index contributed by atoms with van der Waals surface area (Å²) in [6.07, 6.45) is 52.5. The van der Waals surface area contributed by atoms with Crippen molar-refractivity contribution in [2.24, 2.45) is 0 Å². The third kappa shape index (κ3) is 47.5. The van der Waals surface area contributed by atoms with Crippen LogP contribution in [0.1, 0.15) is 226 Å². The van der Waals surface area contributed by atoms with Crippen molar-refractivity contribution in [3.8, 4) is 0 Å². The van der Waals surface area contributed by atoms with Crippen LogP contribution < -0.4 is 4.89 Å². The molecule has 0 radical (unpaired) electrons. The molecule has 9 heteroatoms. The minimum absolute atomic E-state index is 0.0159. The van der Waals surface area contributed by atoms with E-state index in [4.69, 9.17) is 18.5 Å². The maximum atomic E-state index is 12.7. The zero-order valence-electron chi connectivity index (χ0n) is 39.5. The number of allylic oxidation sites excluding steroid dienone is 5. The molecule has 0 aliphatic carbocycles. The Kier molecular flexibility index (Phi) is 42.2. The molecular formula is C50H96NO7P. The second-order valence-electron chi connectivity index (χ2n) is 17.9. The highest BCUT2D eigenvalue weighted by molar-refractivity contribution is 7.45. The van der Waals surface area contributed by atoms with E-state index < -0.39 is 13.9 Å². The van der Waals surface area contributed by atoms with Crippen LogP contribution >= 0.6 is 7.82 Å². The molecule has 0 aromatic heterocycles. The topological polar surface area (TPSA) is 94.1 Å². The molecule has 8 nitrogen and oxygen atoms in total. The van der Waals surface area contributed by atoms with Gasteiger partial charge in [-0.2, -0.15) is 0 Å². The first kappa shape index (κ1) is 57.6. The van der Waals surface area contributed by atoms with Gasteiger partial charge in [-0.25, -0.2) is 0 Å². The van der Waals surface area contributed by atoms with Crippen LogP contribution in [0.5, 0.6) is 0 Å². The Hall–Kier alpha value is -1.44. The highest BCUT2D eigenvalue weighted by atomic mass is 31.2. The van der Waals surface area contributed by atoms with E-state index >= 15 is 0 Å². The van der Waals surface area contributed by atoms with Gasteiger partial charge >= 0.3 is 5.97 Å². The van der Waals surface area contributed by atoms with Crippen molar-refractivity contribution < 1.29 is 37.3 Å². The lowest BCUT2D eigenvalue weighted by Crippen LogP contribution is -2.37. The summed E-state index contributed by atoms with van der Waals surface area (Å²) >= 11 is 0. The zero-order valence-corrected chi connectivity index (χ0v) is 40.4. The number of quaternary nitrogens is 1. The van der Waals surface area contributed by atoms with E-state index in [1.165, 1.54) is 173 Å². The van der Waals surface area contributed by atoms with Gasteiger partial charge in [0.05, 0.1) is 34.0 Å². The third-order valence-corrected chi connectivity index (χ3v) is 11.7. The average molecular weight is 854 g/mol. The van der Waals surface area contributed by atoms with Gasteiger partial charge in [-0.3, -0.25) is 9.36 Å². The molecule has 0 aromatic carbocycles. The van der Waals surface area contributed by atoms with Crippen LogP contribution in [0.3, 0.4) is 0 Å². The van der Waals surface area contributed by atoms with Gasteiger partial charge in [-0.1, -0.05) is 173 Å². The largest absolute Gasteiger partial charge is 0.756 e. The van der Waals surface area contributed by atoms with Crippen molar-refractivity contribution in [3.63, 3.8) is 0 Å². The molecule has 0 amide bonds. The summed E-state index contributed by atoms with van der Waals surface area (Å²) in [6.45, 7) is 4.74. The van der Waals surface area contributed by atoms with Crippen molar-refractivity contribution in [1.29, 1.82) is 0 Å². The van der Waals surface area contributed by atoms with E-state index in [1.54, 1.807) is 6.26 Å². The molecule has 0 aliphatic heterocycles. The Balaban J connectivity index is 4.19. The molecule has 0 bridgehead atoms. The molecule has 0 saturated carbocycles. The Bertz CT molecular complexity index is 1040. The molecular weight excluding hydrogens is 758 g/mol. The Labute approximate surface area is 365 Å². The fraction of sp³-hybridized carbons (Fsp3) is 0.860. The predicted molar refractivity (Wildman–Crippen MR) is 249 cm³/mol. The summed E-state index contributed by atoms with van der Waals surface area (Å²) in [5, 5.41) is 0. The van der Waals surface area contributed by atoms with Gasteiger partial charge in [0, 0.05) is 6.42 Å². The molecule has 0 aliphatic rings. The summed E-state index contributed by atoms with van der Waals surface area (Å²) in [5.74, 6) is -0.357. The van der Waals surface area contributed by atoms with Gasteiger partial charge in [-0.15, -0.1) is 0 Å². The lowest BCUT2D eigenvalue weighted by Gasteiger charge is -2.28. The van der Waals surface area contributed by atoms with Gasteiger partial charge in [0.15, 0.2) is 6.10 Å². The van der Waals surface area contributed by atoms with Gasteiger partial charge in [-0.05, 0) is 76.7 Å². The second kappa shape index (κ2) is 43.2. The maximum Gasteiger partial charge on any atom is 0.306 e. The minimum Gasteiger partial charge on any atom is -0.756 e. The molecule has 1 unspecified atom stereocenters. The fourth-order valence-electron chi connectivity index (χ4n) is 6.86. The number of phosphoric acid groups is 1. The van der Waals surface area contributed by atoms with Crippen molar-refractivity contribution in [3.05, 3.63) is 36.6 Å². The molecule has 0 N–H and O–H groups in total. The first-order chi connectivity index (χ1) is 28.6. The van der Waals surface area contributed by atoms with Gasteiger partial charge in [0.2, 0.25) is 0 Å². The third-order valence-electron chi connectivity index (χ3n) is 10.7. The first-order valence-electron chi connectivity index (χ1n) is 24.8. The van der Waals surface area contributed by atoms with Crippen LogP contribution in [0.25, 0.3) is 0 Å². The van der Waals surface area contributed by atoms with E-state index in [2.05, 4.69) is 38.2 Å². The fourth-order valence-corrected chi connectivity index (χ4v) is 7.58. The number of carbonyl (C=O) groups is 1. The van der Waals surface area contributed by atoms with Crippen molar-refractivity contribution in [1.82, 2.24) is 0 Å². The summed E-state index contributed by atoms with van der Waals surface area (Å²) in [6, 6.07) is 0. The standard InChI is InChI=1S/C50H96NO7P/c1-6-8-10-12-14-16-18-20-22-24-25-26-27-28-29-31-33-35-37-39-41-43-50(52)58-49(48-57-59(53,54)56-46-44-51(3,4)5)47-55-45-42-40-38-36-34-32-30-23-21-19-17-15-13-11-9-7-2/h17,19-20,22,42,45,49H,6-16,18,21,23-41,43-44,46-48H2,1-5H3/b19-17-,22-20-,45-42-/t49-/m1/s1. The maximum absolute atomic E-state index is 12.7. The number of carbonyl (C=O) groups excluding carboxylic acids is 1. The Morgan fingerprint density at radius 3 is 1.32 bits per heavy atom. The number of esters is 1. The highest BCUT2D eigenvalue weighted by Crippen LogP contribution is 2.38. The lowest BCUT2D eigenvalue weighted by atomic mass is 10.0. The predicted octanol–water partition coefficient (Wildman–Crippen LogP) is 14.7. The molecule has 0 fully saturated rings. The average Bonchev–Trinajstić information content (AvgIpc) is 3.19. The number of hydrogen-bond acceptors (Lipinski definition) is 7. The van der Waals surface area contributed by atoms with Crippen LogP contribution in [-0.4, -0.2) is 64.1 Å². The van der Waals surface area contributed by atoms with E-state index in [0.717, 1.165) is 32.1 Å². The van der Waals surface area contributed by atoms with Crippen LogP contribution in [-0.2, 0) is 27.9 Å². The number of nitrogens with zero attached hydrogens (tertiary/aromatic N) is 1. The normalized spacial score (nSPS) is 13.9. The smallest absolute Gasteiger partial charge is 0.306 e. The number of likely N-dealkylation sites (N-methyl/N-ethyl adjacent to an activating group) is 1. The van der Waals surface area contributed by atoms with Gasteiger partial charge in [0.25, 0.3) is 7.82 Å². The van der Waals surface area contributed by atoms with E-state index in [0.29, 0.717) is 17.4 Å². The monoisotopic (exact) mass is 854 g/mol. The molecule has 0 rings (SSSR count). The van der Waals surface area contributed by atoms with E-state index in [9.17, 15) is 14.3 Å².